The number of hydrazine groups is 1. The van der Waals surface area contributed by atoms with Gasteiger partial charge >= 0.3 is 6.03 Å². The summed E-state index contributed by atoms with van der Waals surface area (Å²) in [5.74, 6) is 5.09. The van der Waals surface area contributed by atoms with Gasteiger partial charge in [-0.25, -0.2) is 10.6 Å². The standard InChI is InChI=1S/C14H17N3O/c1-17(14(18)16-15)10-9-12-7-4-6-11-5-2-3-8-13(11)12/h2-8H,9-10,15H2,1H3,(H,16,18). The summed E-state index contributed by atoms with van der Waals surface area (Å²) in [4.78, 5) is 12.9. The highest BCUT2D eigenvalue weighted by Gasteiger charge is 2.07. The summed E-state index contributed by atoms with van der Waals surface area (Å²) < 4.78 is 0. The number of carbonyl (C=O) groups is 1. The molecule has 0 saturated carbocycles. The van der Waals surface area contributed by atoms with Crippen molar-refractivity contribution in [2.75, 3.05) is 13.6 Å². The SMILES string of the molecule is CN(CCc1cccc2ccccc12)C(=O)NN. The van der Waals surface area contributed by atoms with Gasteiger partial charge in [-0.15, -0.1) is 0 Å². The second kappa shape index (κ2) is 5.51. The number of amides is 2. The zero-order valence-electron chi connectivity index (χ0n) is 10.4. The summed E-state index contributed by atoms with van der Waals surface area (Å²) in [6.45, 7) is 0.636. The molecule has 3 N–H and O–H groups in total. The van der Waals surface area contributed by atoms with Crippen LogP contribution in [0, 0.1) is 0 Å². The molecule has 18 heavy (non-hydrogen) atoms. The van der Waals surface area contributed by atoms with Crippen LogP contribution < -0.4 is 11.3 Å². The molecule has 0 aliphatic carbocycles. The lowest BCUT2D eigenvalue weighted by atomic mass is 10.0. The van der Waals surface area contributed by atoms with E-state index in [1.54, 1.807) is 11.9 Å². The Labute approximate surface area is 106 Å². The van der Waals surface area contributed by atoms with Gasteiger partial charge in [0.1, 0.15) is 0 Å². The summed E-state index contributed by atoms with van der Waals surface area (Å²) in [6.07, 6.45) is 0.811. The van der Waals surface area contributed by atoms with Crippen molar-refractivity contribution in [3.63, 3.8) is 0 Å². The molecule has 0 bridgehead atoms. The number of fused-ring (bicyclic) bond motifs is 1. The number of nitrogens with zero attached hydrogens (tertiary/aromatic N) is 1. The molecule has 0 fully saturated rings. The molecule has 0 aliphatic rings. The fraction of sp³-hybridized carbons (Fsp3) is 0.214. The molecule has 0 radical (unpaired) electrons. The number of nitrogens with two attached hydrogens (primary N) is 1. The summed E-state index contributed by atoms with van der Waals surface area (Å²) in [6, 6.07) is 14.2. The van der Waals surface area contributed by atoms with Crippen LogP contribution in [0.4, 0.5) is 4.79 Å². The molecule has 0 spiro atoms. The van der Waals surface area contributed by atoms with Crippen molar-refractivity contribution in [3.8, 4) is 0 Å². The van der Waals surface area contributed by atoms with Crippen LogP contribution in [-0.4, -0.2) is 24.5 Å². The van der Waals surface area contributed by atoms with Crippen LogP contribution >= 0.6 is 0 Å². The van der Waals surface area contributed by atoms with Crippen molar-refractivity contribution >= 4 is 16.8 Å². The third kappa shape index (κ3) is 2.60. The van der Waals surface area contributed by atoms with Crippen LogP contribution in [0.3, 0.4) is 0 Å². The second-order valence-corrected chi connectivity index (χ2v) is 4.26. The fourth-order valence-electron chi connectivity index (χ4n) is 2.01. The molecular formula is C14H17N3O. The summed E-state index contributed by atoms with van der Waals surface area (Å²) >= 11 is 0. The van der Waals surface area contributed by atoms with E-state index in [4.69, 9.17) is 5.84 Å². The molecule has 0 unspecified atom stereocenters. The van der Waals surface area contributed by atoms with Gasteiger partial charge in [-0.05, 0) is 22.8 Å². The Bertz CT molecular complexity index is 548. The van der Waals surface area contributed by atoms with E-state index in [1.807, 2.05) is 18.2 Å². The number of benzene rings is 2. The molecule has 0 aliphatic heterocycles. The number of hydrogen-bond donors (Lipinski definition) is 2. The molecule has 2 rings (SSSR count). The smallest absolute Gasteiger partial charge is 0.326 e. The van der Waals surface area contributed by atoms with E-state index in [9.17, 15) is 4.79 Å². The van der Waals surface area contributed by atoms with Gasteiger partial charge in [0.2, 0.25) is 0 Å². The maximum absolute atomic E-state index is 11.3. The van der Waals surface area contributed by atoms with Crippen molar-refractivity contribution < 1.29 is 4.79 Å². The highest BCUT2D eigenvalue weighted by molar-refractivity contribution is 5.85. The minimum atomic E-state index is -0.268. The molecule has 4 nitrogen and oxygen atoms in total. The Morgan fingerprint density at radius 2 is 1.94 bits per heavy atom. The van der Waals surface area contributed by atoms with Crippen molar-refractivity contribution in [2.45, 2.75) is 6.42 Å². The lowest BCUT2D eigenvalue weighted by molar-refractivity contribution is 0.209. The predicted octanol–water partition coefficient (Wildman–Crippen LogP) is 1.90. The summed E-state index contributed by atoms with van der Waals surface area (Å²) in [5.41, 5.74) is 3.37. The van der Waals surface area contributed by atoms with Gasteiger partial charge in [-0.2, -0.15) is 0 Å². The van der Waals surface area contributed by atoms with E-state index in [0.717, 1.165) is 6.42 Å². The quantitative estimate of drug-likeness (QED) is 0.491. The zero-order valence-corrected chi connectivity index (χ0v) is 10.4. The molecule has 0 aromatic heterocycles. The molecule has 2 amide bonds. The van der Waals surface area contributed by atoms with Crippen molar-refractivity contribution in [3.05, 3.63) is 48.0 Å². The Kier molecular flexibility index (Phi) is 3.79. The van der Waals surface area contributed by atoms with Crippen LogP contribution in [0.15, 0.2) is 42.5 Å². The topological polar surface area (TPSA) is 58.4 Å². The first-order chi connectivity index (χ1) is 8.72. The lowest BCUT2D eigenvalue weighted by Crippen LogP contribution is -2.41. The number of carbonyl (C=O) groups excluding carboxylic acids is 1. The van der Waals surface area contributed by atoms with Crippen LogP contribution in [-0.2, 0) is 6.42 Å². The average Bonchev–Trinajstić information content (AvgIpc) is 2.43. The molecule has 0 saturated heterocycles. The number of likely N-dealkylation sites (N-methyl/N-ethyl adjacent to an activating group) is 1. The lowest BCUT2D eigenvalue weighted by Gasteiger charge is -2.16. The molecule has 4 heteroatoms. The normalized spacial score (nSPS) is 10.3. The summed E-state index contributed by atoms with van der Waals surface area (Å²) in [5, 5.41) is 2.46. The van der Waals surface area contributed by atoms with Gasteiger partial charge in [0.15, 0.2) is 0 Å². The number of hydrogen-bond acceptors (Lipinski definition) is 2. The van der Waals surface area contributed by atoms with E-state index in [2.05, 4.69) is 29.7 Å². The number of urea groups is 1. The van der Waals surface area contributed by atoms with Crippen LogP contribution in [0.25, 0.3) is 10.8 Å². The van der Waals surface area contributed by atoms with E-state index in [0.29, 0.717) is 6.54 Å². The average molecular weight is 243 g/mol. The Morgan fingerprint density at radius 1 is 1.22 bits per heavy atom. The first kappa shape index (κ1) is 12.4. The first-order valence-electron chi connectivity index (χ1n) is 5.90. The Morgan fingerprint density at radius 3 is 2.72 bits per heavy atom. The van der Waals surface area contributed by atoms with Crippen molar-refractivity contribution in [2.24, 2.45) is 5.84 Å². The molecule has 2 aromatic carbocycles. The van der Waals surface area contributed by atoms with E-state index in [-0.39, 0.29) is 6.03 Å². The predicted molar refractivity (Wildman–Crippen MR) is 73.0 cm³/mol. The Hall–Kier alpha value is -2.07. The third-order valence-electron chi connectivity index (χ3n) is 3.07. The van der Waals surface area contributed by atoms with Gasteiger partial charge in [0, 0.05) is 13.6 Å². The molecule has 2 aromatic rings. The van der Waals surface area contributed by atoms with Crippen LogP contribution in [0.5, 0.6) is 0 Å². The van der Waals surface area contributed by atoms with Gasteiger partial charge in [0.05, 0.1) is 0 Å². The second-order valence-electron chi connectivity index (χ2n) is 4.26. The summed E-state index contributed by atoms with van der Waals surface area (Å²) in [7, 11) is 1.73. The highest BCUT2D eigenvalue weighted by atomic mass is 16.2. The van der Waals surface area contributed by atoms with Gasteiger partial charge in [-0.1, -0.05) is 42.5 Å². The van der Waals surface area contributed by atoms with Crippen molar-refractivity contribution in [1.82, 2.24) is 10.3 Å². The van der Waals surface area contributed by atoms with Gasteiger partial charge in [0.25, 0.3) is 0 Å². The van der Waals surface area contributed by atoms with Crippen LogP contribution in [0.1, 0.15) is 5.56 Å². The van der Waals surface area contributed by atoms with Gasteiger partial charge < -0.3 is 4.90 Å². The molecule has 94 valence electrons. The third-order valence-corrected chi connectivity index (χ3v) is 3.07. The molecular weight excluding hydrogens is 226 g/mol. The maximum Gasteiger partial charge on any atom is 0.331 e. The monoisotopic (exact) mass is 243 g/mol. The zero-order chi connectivity index (χ0) is 13.0. The molecule has 0 atom stereocenters. The van der Waals surface area contributed by atoms with E-state index in [1.165, 1.54) is 16.3 Å². The maximum atomic E-state index is 11.3. The Balaban J connectivity index is 2.15. The minimum absolute atomic E-state index is 0.268. The largest absolute Gasteiger partial charge is 0.331 e. The minimum Gasteiger partial charge on any atom is -0.326 e. The van der Waals surface area contributed by atoms with E-state index >= 15 is 0 Å². The first-order valence-corrected chi connectivity index (χ1v) is 5.90. The number of nitrogens with one attached hydrogen (secondary N) is 1. The van der Waals surface area contributed by atoms with Gasteiger partial charge in [-0.3, -0.25) is 5.43 Å². The van der Waals surface area contributed by atoms with E-state index < -0.39 is 0 Å². The fourth-order valence-corrected chi connectivity index (χ4v) is 2.01. The highest BCUT2D eigenvalue weighted by Crippen LogP contribution is 2.18. The molecule has 0 heterocycles. The van der Waals surface area contributed by atoms with Crippen LogP contribution in [0.2, 0.25) is 0 Å². The number of rotatable bonds is 3. The van der Waals surface area contributed by atoms with Crippen molar-refractivity contribution in [1.29, 1.82) is 0 Å².